The molecule has 0 saturated heterocycles. The summed E-state index contributed by atoms with van der Waals surface area (Å²) in [5, 5.41) is 6.29. The van der Waals surface area contributed by atoms with Crippen molar-refractivity contribution in [1.82, 2.24) is 15.6 Å². The number of carbonyl (C=O) groups is 2. The number of rotatable bonds is 4. The molecule has 1 heterocycles. The molecule has 2 rings (SSSR count). The minimum Gasteiger partial charge on any atom is -0.351 e. The van der Waals surface area contributed by atoms with E-state index in [1.807, 2.05) is 24.3 Å². The van der Waals surface area contributed by atoms with Gasteiger partial charge in [-0.05, 0) is 25.0 Å². The topological polar surface area (TPSA) is 74.0 Å². The van der Waals surface area contributed by atoms with E-state index in [1.165, 1.54) is 0 Å². The maximum absolute atomic E-state index is 11.9. The van der Waals surface area contributed by atoms with Gasteiger partial charge in [-0.2, -0.15) is 0 Å². The molecule has 2 aromatic rings. The van der Waals surface area contributed by atoms with Gasteiger partial charge in [-0.15, -0.1) is 0 Å². The van der Waals surface area contributed by atoms with E-state index < -0.39 is 0 Å². The van der Waals surface area contributed by atoms with Crippen LogP contribution in [0.2, 0.25) is 0 Å². The highest BCUT2D eigenvalue weighted by Gasteiger charge is 2.08. The van der Waals surface area contributed by atoms with Gasteiger partial charge in [-0.3, -0.25) is 9.59 Å². The van der Waals surface area contributed by atoms with Crippen LogP contribution in [0.4, 0.5) is 0 Å². The van der Waals surface area contributed by atoms with Crippen LogP contribution in [0.3, 0.4) is 0 Å². The van der Waals surface area contributed by atoms with E-state index in [9.17, 15) is 9.59 Å². The molecule has 5 nitrogen and oxygen atoms in total. The maximum atomic E-state index is 11.9. The molecule has 2 amide bonds. The highest BCUT2D eigenvalue weighted by Crippen LogP contribution is 2.14. The Kier molecular flexibility index (Phi) is 4.40. The van der Waals surface area contributed by atoms with Gasteiger partial charge in [0.05, 0.1) is 0 Å². The predicted molar refractivity (Wildman–Crippen MR) is 77.1 cm³/mol. The number of hydrogen-bond acceptors (Lipinski definition) is 2. The van der Waals surface area contributed by atoms with E-state index in [-0.39, 0.29) is 11.8 Å². The standard InChI is InChI=1S/C15H15N3O2/c1-2-5-14(19)16-8-9-17-15(20)13-10-11-6-3-4-7-12(11)18-13/h3-4,6-7,10,18H,8-9H2,1H3,(H,16,19)(H,17,20). The van der Waals surface area contributed by atoms with Gasteiger partial charge in [0, 0.05) is 24.0 Å². The summed E-state index contributed by atoms with van der Waals surface area (Å²) in [5.74, 6) is 4.33. The van der Waals surface area contributed by atoms with E-state index >= 15 is 0 Å². The summed E-state index contributed by atoms with van der Waals surface area (Å²) in [4.78, 5) is 26.0. The van der Waals surface area contributed by atoms with Gasteiger partial charge in [0.25, 0.3) is 11.8 Å². The zero-order chi connectivity index (χ0) is 14.4. The van der Waals surface area contributed by atoms with Crippen LogP contribution >= 0.6 is 0 Å². The number of para-hydroxylation sites is 1. The lowest BCUT2D eigenvalue weighted by molar-refractivity contribution is -0.115. The van der Waals surface area contributed by atoms with Crippen molar-refractivity contribution in [2.45, 2.75) is 6.92 Å². The third-order valence-electron chi connectivity index (χ3n) is 2.71. The lowest BCUT2D eigenvalue weighted by Crippen LogP contribution is -2.34. The fourth-order valence-electron chi connectivity index (χ4n) is 1.80. The number of amides is 2. The summed E-state index contributed by atoms with van der Waals surface area (Å²) in [6.45, 7) is 2.29. The Hall–Kier alpha value is -2.74. The largest absolute Gasteiger partial charge is 0.351 e. The van der Waals surface area contributed by atoms with Crippen LogP contribution in [0.25, 0.3) is 10.9 Å². The summed E-state index contributed by atoms with van der Waals surface area (Å²) in [7, 11) is 0. The van der Waals surface area contributed by atoms with Gasteiger partial charge in [0.1, 0.15) is 5.69 Å². The van der Waals surface area contributed by atoms with Crippen LogP contribution in [0.1, 0.15) is 17.4 Å². The van der Waals surface area contributed by atoms with E-state index in [1.54, 1.807) is 13.0 Å². The van der Waals surface area contributed by atoms with Crippen molar-refractivity contribution in [2.75, 3.05) is 13.1 Å². The highest BCUT2D eigenvalue weighted by atomic mass is 16.2. The lowest BCUT2D eigenvalue weighted by atomic mass is 10.2. The van der Waals surface area contributed by atoms with E-state index in [2.05, 4.69) is 27.5 Å². The summed E-state index contributed by atoms with van der Waals surface area (Å²) in [6, 6.07) is 9.47. The van der Waals surface area contributed by atoms with Crippen LogP contribution in [0.5, 0.6) is 0 Å². The van der Waals surface area contributed by atoms with Gasteiger partial charge < -0.3 is 15.6 Å². The fraction of sp³-hybridized carbons (Fsp3) is 0.200. The molecule has 0 spiro atoms. The molecule has 20 heavy (non-hydrogen) atoms. The Labute approximate surface area is 116 Å². The highest BCUT2D eigenvalue weighted by molar-refractivity contribution is 5.98. The van der Waals surface area contributed by atoms with Gasteiger partial charge in [-0.1, -0.05) is 24.1 Å². The van der Waals surface area contributed by atoms with E-state index in [0.717, 1.165) is 10.9 Å². The quantitative estimate of drug-likeness (QED) is 0.573. The smallest absolute Gasteiger partial charge is 0.295 e. The number of aromatic nitrogens is 1. The molecule has 0 bridgehead atoms. The minimum absolute atomic E-state index is 0.197. The molecule has 5 heteroatoms. The Bertz CT molecular complexity index is 659. The molecule has 0 atom stereocenters. The Morgan fingerprint density at radius 1 is 1.20 bits per heavy atom. The van der Waals surface area contributed by atoms with Crippen LogP contribution in [0, 0.1) is 11.8 Å². The zero-order valence-corrected chi connectivity index (χ0v) is 11.1. The molecule has 0 saturated carbocycles. The molecule has 1 aromatic carbocycles. The molecular formula is C15H15N3O2. The number of aromatic amines is 1. The van der Waals surface area contributed by atoms with Crippen molar-refractivity contribution < 1.29 is 9.59 Å². The summed E-state index contributed by atoms with van der Waals surface area (Å²) in [6.07, 6.45) is 0. The maximum Gasteiger partial charge on any atom is 0.295 e. The molecule has 0 unspecified atom stereocenters. The fourth-order valence-corrected chi connectivity index (χ4v) is 1.80. The average molecular weight is 269 g/mol. The average Bonchev–Trinajstić information content (AvgIpc) is 2.87. The number of carbonyl (C=O) groups excluding carboxylic acids is 2. The molecule has 0 radical (unpaired) electrons. The molecule has 0 aliphatic carbocycles. The molecule has 102 valence electrons. The predicted octanol–water partition coefficient (Wildman–Crippen LogP) is 1.04. The first-order valence-corrected chi connectivity index (χ1v) is 6.27. The van der Waals surface area contributed by atoms with Crippen LogP contribution < -0.4 is 10.6 Å². The molecular weight excluding hydrogens is 254 g/mol. The second kappa shape index (κ2) is 6.43. The summed E-state index contributed by atoms with van der Waals surface area (Å²) in [5.41, 5.74) is 1.43. The van der Waals surface area contributed by atoms with Crippen LogP contribution in [-0.4, -0.2) is 29.9 Å². The first kappa shape index (κ1) is 13.7. The van der Waals surface area contributed by atoms with Gasteiger partial charge in [0.2, 0.25) is 0 Å². The van der Waals surface area contributed by atoms with E-state index in [0.29, 0.717) is 18.8 Å². The number of nitrogens with one attached hydrogen (secondary N) is 3. The lowest BCUT2D eigenvalue weighted by Gasteiger charge is -2.03. The molecule has 1 aromatic heterocycles. The number of hydrogen-bond donors (Lipinski definition) is 3. The second-order valence-electron chi connectivity index (χ2n) is 4.16. The first-order valence-electron chi connectivity index (χ1n) is 6.27. The van der Waals surface area contributed by atoms with Gasteiger partial charge in [-0.25, -0.2) is 0 Å². The summed E-state index contributed by atoms with van der Waals surface area (Å²) < 4.78 is 0. The van der Waals surface area contributed by atoms with Crippen LogP contribution in [0.15, 0.2) is 30.3 Å². The minimum atomic E-state index is -0.340. The Balaban J connectivity index is 1.85. The first-order chi connectivity index (χ1) is 9.70. The van der Waals surface area contributed by atoms with Crippen molar-refractivity contribution in [3.8, 4) is 11.8 Å². The van der Waals surface area contributed by atoms with Crippen molar-refractivity contribution in [3.05, 3.63) is 36.0 Å². The van der Waals surface area contributed by atoms with Crippen molar-refractivity contribution in [3.63, 3.8) is 0 Å². The number of H-pyrrole nitrogens is 1. The van der Waals surface area contributed by atoms with Crippen molar-refractivity contribution in [2.24, 2.45) is 0 Å². The van der Waals surface area contributed by atoms with Crippen molar-refractivity contribution >= 4 is 22.7 Å². The molecule has 0 aliphatic rings. The monoisotopic (exact) mass is 269 g/mol. The SMILES string of the molecule is CC#CC(=O)NCCNC(=O)c1cc2ccccc2[nH]1. The number of benzene rings is 1. The third-order valence-corrected chi connectivity index (χ3v) is 2.71. The molecule has 0 aliphatic heterocycles. The van der Waals surface area contributed by atoms with E-state index in [4.69, 9.17) is 0 Å². The third kappa shape index (κ3) is 3.39. The van der Waals surface area contributed by atoms with Crippen LogP contribution in [-0.2, 0) is 4.79 Å². The normalized spacial score (nSPS) is 9.65. The molecule has 0 fully saturated rings. The Morgan fingerprint density at radius 2 is 1.95 bits per heavy atom. The zero-order valence-electron chi connectivity index (χ0n) is 11.1. The van der Waals surface area contributed by atoms with Gasteiger partial charge in [0.15, 0.2) is 0 Å². The molecule has 3 N–H and O–H groups in total. The van der Waals surface area contributed by atoms with Crippen molar-refractivity contribution in [1.29, 1.82) is 0 Å². The van der Waals surface area contributed by atoms with Gasteiger partial charge >= 0.3 is 0 Å². The Morgan fingerprint density at radius 3 is 2.70 bits per heavy atom. The number of fused-ring (bicyclic) bond motifs is 1. The second-order valence-corrected chi connectivity index (χ2v) is 4.16. The summed E-state index contributed by atoms with van der Waals surface area (Å²) >= 11 is 0.